The second kappa shape index (κ2) is 4.06. The molecule has 0 saturated carbocycles. The molecule has 1 unspecified atom stereocenters. The molecule has 1 atom stereocenters. The van der Waals surface area contributed by atoms with E-state index in [-0.39, 0.29) is 0 Å². The minimum absolute atomic E-state index is 0.310. The van der Waals surface area contributed by atoms with Crippen molar-refractivity contribution in [1.82, 2.24) is 9.78 Å². The van der Waals surface area contributed by atoms with E-state index >= 15 is 0 Å². The average molecular weight is 208 g/mol. The lowest BCUT2D eigenvalue weighted by Crippen LogP contribution is -2.02. The molecule has 1 aromatic heterocycles. The minimum Gasteiger partial charge on any atom is -0.495 e. The van der Waals surface area contributed by atoms with Crippen LogP contribution in [0.15, 0.2) is 24.2 Å². The van der Waals surface area contributed by atoms with Crippen LogP contribution in [0.3, 0.4) is 0 Å². The molecular formula is C11H16N2O2. The van der Waals surface area contributed by atoms with Crippen molar-refractivity contribution in [3.63, 3.8) is 0 Å². The summed E-state index contributed by atoms with van der Waals surface area (Å²) in [7, 11) is 0. The Bertz CT molecular complexity index is 368. The predicted molar refractivity (Wildman–Crippen MR) is 56.2 cm³/mol. The first-order valence-electron chi connectivity index (χ1n) is 5.23. The fourth-order valence-corrected chi connectivity index (χ4v) is 1.57. The van der Waals surface area contributed by atoms with E-state index in [1.54, 1.807) is 6.20 Å². The van der Waals surface area contributed by atoms with E-state index in [1.165, 1.54) is 0 Å². The van der Waals surface area contributed by atoms with Gasteiger partial charge in [0, 0.05) is 24.2 Å². The molecule has 4 nitrogen and oxygen atoms in total. The number of rotatable bonds is 3. The molecule has 0 fully saturated rings. The third-order valence-corrected chi connectivity index (χ3v) is 2.47. The summed E-state index contributed by atoms with van der Waals surface area (Å²) < 4.78 is 7.14. The van der Waals surface area contributed by atoms with E-state index in [0.717, 1.165) is 12.0 Å². The fourth-order valence-electron chi connectivity index (χ4n) is 1.57. The van der Waals surface area contributed by atoms with Crippen molar-refractivity contribution in [1.29, 1.82) is 0 Å². The van der Waals surface area contributed by atoms with Gasteiger partial charge in [-0.05, 0) is 19.9 Å². The van der Waals surface area contributed by atoms with Crippen molar-refractivity contribution in [3.8, 4) is 0 Å². The van der Waals surface area contributed by atoms with Crippen LogP contribution in [0.5, 0.6) is 0 Å². The first-order chi connectivity index (χ1) is 7.18. The van der Waals surface area contributed by atoms with Crippen molar-refractivity contribution in [2.45, 2.75) is 32.4 Å². The number of nitrogens with zero attached hydrogens (tertiary/aromatic N) is 2. The van der Waals surface area contributed by atoms with Gasteiger partial charge in [0.2, 0.25) is 0 Å². The lowest BCUT2D eigenvalue weighted by molar-refractivity contribution is 0.119. The van der Waals surface area contributed by atoms with Crippen LogP contribution in [0.4, 0.5) is 0 Å². The summed E-state index contributed by atoms with van der Waals surface area (Å²) in [5, 5.41) is 14.2. The second-order valence-electron chi connectivity index (χ2n) is 3.99. The fraction of sp³-hybridized carbons (Fsp3) is 0.545. The van der Waals surface area contributed by atoms with Gasteiger partial charge in [-0.3, -0.25) is 4.68 Å². The molecular weight excluding hydrogens is 192 g/mol. The molecule has 0 radical (unpaired) electrons. The van der Waals surface area contributed by atoms with E-state index in [0.29, 0.717) is 18.4 Å². The van der Waals surface area contributed by atoms with Crippen LogP contribution in [0.2, 0.25) is 0 Å². The molecule has 0 bridgehead atoms. The Hall–Kier alpha value is -1.29. The van der Waals surface area contributed by atoms with Crippen molar-refractivity contribution < 1.29 is 9.84 Å². The van der Waals surface area contributed by atoms with Crippen LogP contribution in [0, 0.1) is 0 Å². The maximum atomic E-state index is 9.97. The Morgan fingerprint density at radius 2 is 2.33 bits per heavy atom. The normalized spacial score (nSPS) is 17.7. The van der Waals surface area contributed by atoms with Gasteiger partial charge in [0.25, 0.3) is 0 Å². The van der Waals surface area contributed by atoms with Gasteiger partial charge in [-0.15, -0.1) is 0 Å². The average Bonchev–Trinajstić information content (AvgIpc) is 2.88. The maximum absolute atomic E-state index is 9.97. The quantitative estimate of drug-likeness (QED) is 0.824. The molecule has 2 rings (SSSR count). The lowest BCUT2D eigenvalue weighted by atomic mass is 10.1. The van der Waals surface area contributed by atoms with Gasteiger partial charge in [0.05, 0.1) is 12.8 Å². The highest BCUT2D eigenvalue weighted by atomic mass is 16.5. The van der Waals surface area contributed by atoms with Crippen molar-refractivity contribution >= 4 is 0 Å². The first-order valence-corrected chi connectivity index (χ1v) is 5.23. The van der Waals surface area contributed by atoms with Crippen LogP contribution in [0.25, 0.3) is 0 Å². The predicted octanol–water partition coefficient (Wildman–Crippen LogP) is 1.80. The van der Waals surface area contributed by atoms with Gasteiger partial charge in [-0.2, -0.15) is 5.10 Å². The second-order valence-corrected chi connectivity index (χ2v) is 3.99. The zero-order chi connectivity index (χ0) is 10.8. The van der Waals surface area contributed by atoms with Gasteiger partial charge in [0.1, 0.15) is 11.9 Å². The molecule has 1 N–H and O–H groups in total. The smallest absolute Gasteiger partial charge is 0.139 e. The number of aromatic nitrogens is 2. The Labute approximate surface area is 89.2 Å². The van der Waals surface area contributed by atoms with E-state index in [9.17, 15) is 5.11 Å². The number of ether oxygens (including phenoxy) is 1. The van der Waals surface area contributed by atoms with Crippen LogP contribution in [-0.2, 0) is 4.74 Å². The van der Waals surface area contributed by atoms with E-state index < -0.39 is 6.10 Å². The van der Waals surface area contributed by atoms with Crippen LogP contribution in [0.1, 0.15) is 38.0 Å². The molecule has 15 heavy (non-hydrogen) atoms. The van der Waals surface area contributed by atoms with Crippen LogP contribution < -0.4 is 0 Å². The number of hydrogen-bond acceptors (Lipinski definition) is 3. The van der Waals surface area contributed by atoms with Crippen LogP contribution >= 0.6 is 0 Å². The molecule has 1 aliphatic heterocycles. The highest BCUT2D eigenvalue weighted by Gasteiger charge is 2.19. The van der Waals surface area contributed by atoms with Gasteiger partial charge in [-0.25, -0.2) is 0 Å². The minimum atomic E-state index is -0.667. The summed E-state index contributed by atoms with van der Waals surface area (Å²) >= 11 is 0. The Kier molecular flexibility index (Phi) is 2.77. The molecule has 0 amide bonds. The lowest BCUT2D eigenvalue weighted by Gasteiger charge is -2.10. The molecule has 1 aromatic rings. The van der Waals surface area contributed by atoms with Gasteiger partial charge >= 0.3 is 0 Å². The number of aliphatic hydroxyl groups excluding tert-OH is 1. The SMILES string of the molecule is CC(C)n1cc(C(O)C2=CCCO2)cn1. The highest BCUT2D eigenvalue weighted by Crippen LogP contribution is 2.26. The van der Waals surface area contributed by atoms with Crippen LogP contribution in [-0.4, -0.2) is 21.5 Å². The molecule has 0 saturated heterocycles. The third-order valence-electron chi connectivity index (χ3n) is 2.47. The zero-order valence-electron chi connectivity index (χ0n) is 9.05. The molecule has 82 valence electrons. The molecule has 0 aromatic carbocycles. The topological polar surface area (TPSA) is 47.3 Å². The third kappa shape index (κ3) is 2.04. The zero-order valence-corrected chi connectivity index (χ0v) is 9.05. The Morgan fingerprint density at radius 3 is 2.87 bits per heavy atom. The number of hydrogen-bond donors (Lipinski definition) is 1. The first kappa shape index (κ1) is 10.2. The summed E-state index contributed by atoms with van der Waals surface area (Å²) in [5.74, 6) is 0.651. The maximum Gasteiger partial charge on any atom is 0.139 e. The van der Waals surface area contributed by atoms with E-state index in [4.69, 9.17) is 4.74 Å². The van der Waals surface area contributed by atoms with Gasteiger partial charge in [-0.1, -0.05) is 0 Å². The summed E-state index contributed by atoms with van der Waals surface area (Å²) in [4.78, 5) is 0. The van der Waals surface area contributed by atoms with E-state index in [2.05, 4.69) is 18.9 Å². The summed E-state index contributed by atoms with van der Waals surface area (Å²) in [6.07, 6.45) is 5.69. The molecule has 1 aliphatic rings. The summed E-state index contributed by atoms with van der Waals surface area (Å²) in [6.45, 7) is 4.77. The monoisotopic (exact) mass is 208 g/mol. The van der Waals surface area contributed by atoms with Gasteiger partial charge in [0.15, 0.2) is 0 Å². The number of aliphatic hydroxyl groups is 1. The summed E-state index contributed by atoms with van der Waals surface area (Å²) in [5.41, 5.74) is 0.789. The van der Waals surface area contributed by atoms with E-state index in [1.807, 2.05) is 17.0 Å². The van der Waals surface area contributed by atoms with Gasteiger partial charge < -0.3 is 9.84 Å². The Morgan fingerprint density at radius 1 is 1.53 bits per heavy atom. The highest BCUT2D eigenvalue weighted by molar-refractivity contribution is 5.19. The molecule has 0 spiro atoms. The standard InChI is InChI=1S/C11H16N2O2/c1-8(2)13-7-9(6-12-13)11(14)10-4-3-5-15-10/h4,6-8,11,14H,3,5H2,1-2H3. The van der Waals surface area contributed by atoms with Crippen molar-refractivity contribution in [2.75, 3.05) is 6.61 Å². The van der Waals surface area contributed by atoms with Crippen molar-refractivity contribution in [2.24, 2.45) is 0 Å². The Balaban J connectivity index is 2.14. The summed E-state index contributed by atoms with van der Waals surface area (Å²) in [6, 6.07) is 0.310. The molecule has 0 aliphatic carbocycles. The largest absolute Gasteiger partial charge is 0.495 e. The molecule has 4 heteroatoms. The van der Waals surface area contributed by atoms with Crippen molar-refractivity contribution in [3.05, 3.63) is 29.8 Å². The molecule has 2 heterocycles.